The Hall–Kier alpha value is -3.81. The molecule has 0 unspecified atom stereocenters. The van der Waals surface area contributed by atoms with Crippen LogP contribution in [-0.2, 0) is 9.59 Å². The first kappa shape index (κ1) is 19.9. The third-order valence-corrected chi connectivity index (χ3v) is 4.15. The van der Waals surface area contributed by atoms with E-state index in [4.69, 9.17) is 19.3 Å². The summed E-state index contributed by atoms with van der Waals surface area (Å²) in [5.41, 5.74) is 1.14. The van der Waals surface area contributed by atoms with E-state index in [1.807, 2.05) is 6.07 Å². The second-order valence-electron chi connectivity index (χ2n) is 6.29. The summed E-state index contributed by atoms with van der Waals surface area (Å²) in [5, 5.41) is 11.1. The van der Waals surface area contributed by atoms with Crippen molar-refractivity contribution in [1.29, 1.82) is 0 Å². The Morgan fingerprint density at radius 2 is 2.00 bits per heavy atom. The predicted molar refractivity (Wildman–Crippen MR) is 103 cm³/mol. The molecule has 1 aliphatic rings. The summed E-state index contributed by atoms with van der Waals surface area (Å²) in [5.74, 6) is -0.512. The van der Waals surface area contributed by atoms with Gasteiger partial charge < -0.3 is 24.6 Å². The second-order valence-corrected chi connectivity index (χ2v) is 6.29. The van der Waals surface area contributed by atoms with E-state index in [9.17, 15) is 14.4 Å². The SMILES string of the molecule is COc1cccc(C=C2Oc3cc(OCC(=O)N[C@@H](C)C(=O)O)ccc3C2=O)c1. The molecule has 0 saturated carbocycles. The van der Waals surface area contributed by atoms with Crippen LogP contribution in [-0.4, -0.2) is 42.5 Å². The number of Topliss-reactive ketones (excluding diaryl/α,β-unsaturated/α-hetero) is 1. The molecule has 1 atom stereocenters. The standard InChI is InChI=1S/C21H19NO7/c1-12(21(25)26)22-19(23)11-28-15-6-7-16-17(10-15)29-18(20(16)24)9-13-4-3-5-14(8-13)27-2/h3-10,12H,11H2,1-2H3,(H,22,23)(H,25,26)/t12-/m0/s1. The van der Waals surface area contributed by atoms with Crippen molar-refractivity contribution in [3.05, 3.63) is 59.4 Å². The number of allylic oxidation sites excluding steroid dienone is 1. The van der Waals surface area contributed by atoms with Crippen LogP contribution in [0.15, 0.2) is 48.2 Å². The maximum Gasteiger partial charge on any atom is 0.325 e. The third-order valence-electron chi connectivity index (χ3n) is 4.15. The predicted octanol–water partition coefficient (Wildman–Crippen LogP) is 2.28. The number of rotatable bonds is 7. The molecule has 8 nitrogen and oxygen atoms in total. The topological polar surface area (TPSA) is 111 Å². The van der Waals surface area contributed by atoms with E-state index < -0.39 is 17.9 Å². The van der Waals surface area contributed by atoms with Crippen molar-refractivity contribution in [2.24, 2.45) is 0 Å². The zero-order valence-corrected chi connectivity index (χ0v) is 15.8. The maximum absolute atomic E-state index is 12.5. The number of fused-ring (bicyclic) bond motifs is 1. The minimum atomic E-state index is -1.14. The molecular weight excluding hydrogens is 378 g/mol. The van der Waals surface area contributed by atoms with Gasteiger partial charge in [-0.1, -0.05) is 12.1 Å². The van der Waals surface area contributed by atoms with Gasteiger partial charge in [-0.2, -0.15) is 0 Å². The number of carboxylic acid groups (broad SMARTS) is 1. The van der Waals surface area contributed by atoms with Gasteiger partial charge in [0, 0.05) is 6.07 Å². The van der Waals surface area contributed by atoms with Crippen LogP contribution in [0.25, 0.3) is 6.08 Å². The lowest BCUT2D eigenvalue weighted by Gasteiger charge is -2.10. The first-order chi connectivity index (χ1) is 13.9. The van der Waals surface area contributed by atoms with Gasteiger partial charge in [-0.25, -0.2) is 0 Å². The van der Waals surface area contributed by atoms with Gasteiger partial charge in [-0.15, -0.1) is 0 Å². The molecule has 3 rings (SSSR count). The van der Waals surface area contributed by atoms with Gasteiger partial charge in [0.05, 0.1) is 12.7 Å². The Balaban J connectivity index is 1.68. The number of hydrogen-bond acceptors (Lipinski definition) is 6. The van der Waals surface area contributed by atoms with Crippen molar-refractivity contribution >= 4 is 23.7 Å². The van der Waals surface area contributed by atoms with Crippen molar-refractivity contribution in [3.8, 4) is 17.2 Å². The van der Waals surface area contributed by atoms with Crippen LogP contribution in [0.1, 0.15) is 22.8 Å². The number of amides is 1. The number of ether oxygens (including phenoxy) is 3. The Morgan fingerprint density at radius 1 is 1.21 bits per heavy atom. The summed E-state index contributed by atoms with van der Waals surface area (Å²) in [4.78, 5) is 35.0. The Morgan fingerprint density at radius 3 is 2.72 bits per heavy atom. The number of carbonyl (C=O) groups excluding carboxylic acids is 2. The van der Waals surface area contributed by atoms with Gasteiger partial charge >= 0.3 is 5.97 Å². The summed E-state index contributed by atoms with van der Waals surface area (Å²) >= 11 is 0. The summed E-state index contributed by atoms with van der Waals surface area (Å²) in [7, 11) is 1.56. The molecule has 1 heterocycles. The average Bonchev–Trinajstić information content (AvgIpc) is 3.01. The maximum atomic E-state index is 12.5. The zero-order valence-electron chi connectivity index (χ0n) is 15.8. The fourth-order valence-corrected chi connectivity index (χ4v) is 2.63. The summed E-state index contributed by atoms with van der Waals surface area (Å²) in [6.07, 6.45) is 1.62. The van der Waals surface area contributed by atoms with Gasteiger partial charge in [0.25, 0.3) is 5.91 Å². The highest BCUT2D eigenvalue weighted by Crippen LogP contribution is 2.35. The van der Waals surface area contributed by atoms with E-state index in [1.165, 1.54) is 13.0 Å². The van der Waals surface area contributed by atoms with Crippen molar-refractivity contribution in [2.45, 2.75) is 13.0 Å². The molecule has 2 aromatic rings. The van der Waals surface area contributed by atoms with Crippen LogP contribution in [0.5, 0.6) is 17.2 Å². The summed E-state index contributed by atoms with van der Waals surface area (Å²) in [6.45, 7) is 0.988. The Bertz CT molecular complexity index is 996. The normalized spacial score (nSPS) is 14.7. The van der Waals surface area contributed by atoms with E-state index in [0.717, 1.165) is 5.56 Å². The van der Waals surface area contributed by atoms with Crippen molar-refractivity contribution in [2.75, 3.05) is 13.7 Å². The van der Waals surface area contributed by atoms with E-state index in [-0.39, 0.29) is 18.1 Å². The van der Waals surface area contributed by atoms with Gasteiger partial charge in [0.1, 0.15) is 23.3 Å². The molecule has 0 aliphatic carbocycles. The molecule has 1 aliphatic heterocycles. The van der Waals surface area contributed by atoms with Gasteiger partial charge in [-0.3, -0.25) is 14.4 Å². The first-order valence-electron chi connectivity index (χ1n) is 8.74. The first-order valence-corrected chi connectivity index (χ1v) is 8.74. The van der Waals surface area contributed by atoms with Crippen molar-refractivity contribution in [3.63, 3.8) is 0 Å². The van der Waals surface area contributed by atoms with Gasteiger partial charge in [0.2, 0.25) is 5.78 Å². The lowest BCUT2D eigenvalue weighted by atomic mass is 10.1. The number of aliphatic carboxylic acids is 1. The number of ketones is 1. The molecular formula is C21H19NO7. The van der Waals surface area contributed by atoms with Gasteiger partial charge in [-0.05, 0) is 42.8 Å². The lowest BCUT2D eigenvalue weighted by molar-refractivity contribution is -0.141. The quantitative estimate of drug-likeness (QED) is 0.690. The van der Waals surface area contributed by atoms with Crippen LogP contribution < -0.4 is 19.5 Å². The molecule has 2 aromatic carbocycles. The van der Waals surface area contributed by atoms with Crippen molar-refractivity contribution in [1.82, 2.24) is 5.32 Å². The fourth-order valence-electron chi connectivity index (χ4n) is 2.63. The minimum Gasteiger partial charge on any atom is -0.497 e. The smallest absolute Gasteiger partial charge is 0.325 e. The molecule has 150 valence electrons. The van der Waals surface area contributed by atoms with Crippen molar-refractivity contribution < 1.29 is 33.7 Å². The highest BCUT2D eigenvalue weighted by atomic mass is 16.5. The Labute approximate surface area is 166 Å². The molecule has 8 heteroatoms. The molecule has 29 heavy (non-hydrogen) atoms. The van der Waals surface area contributed by atoms with Crippen LogP contribution >= 0.6 is 0 Å². The molecule has 0 radical (unpaired) electrons. The van der Waals surface area contributed by atoms with Crippen LogP contribution in [0.2, 0.25) is 0 Å². The second kappa shape index (κ2) is 8.47. The number of carbonyl (C=O) groups is 3. The number of methoxy groups -OCH3 is 1. The van der Waals surface area contributed by atoms with E-state index >= 15 is 0 Å². The Kier molecular flexibility index (Phi) is 5.82. The van der Waals surface area contributed by atoms with Gasteiger partial charge in [0.15, 0.2) is 12.4 Å². The molecule has 2 N–H and O–H groups in total. The zero-order chi connectivity index (χ0) is 21.0. The fraction of sp³-hybridized carbons (Fsp3) is 0.190. The lowest BCUT2D eigenvalue weighted by Crippen LogP contribution is -2.40. The summed E-state index contributed by atoms with van der Waals surface area (Å²) < 4.78 is 16.2. The van der Waals surface area contributed by atoms with E-state index in [1.54, 1.807) is 43.5 Å². The average molecular weight is 397 g/mol. The highest BCUT2D eigenvalue weighted by molar-refractivity contribution is 6.14. The van der Waals surface area contributed by atoms with Crippen LogP contribution in [0.3, 0.4) is 0 Å². The number of benzene rings is 2. The number of hydrogen-bond donors (Lipinski definition) is 2. The molecule has 0 fully saturated rings. The van der Waals surface area contributed by atoms with Crippen LogP contribution in [0, 0.1) is 0 Å². The largest absolute Gasteiger partial charge is 0.497 e. The highest BCUT2D eigenvalue weighted by Gasteiger charge is 2.28. The summed E-state index contributed by atoms with van der Waals surface area (Å²) in [6, 6.07) is 10.8. The molecule has 1 amide bonds. The number of nitrogens with one attached hydrogen (secondary N) is 1. The van der Waals surface area contributed by atoms with Crippen LogP contribution in [0.4, 0.5) is 0 Å². The monoisotopic (exact) mass is 397 g/mol. The molecule has 0 saturated heterocycles. The third kappa shape index (κ3) is 4.73. The van der Waals surface area contributed by atoms with E-state index in [2.05, 4.69) is 5.32 Å². The minimum absolute atomic E-state index is 0.165. The molecule has 0 aromatic heterocycles. The molecule has 0 bridgehead atoms. The molecule has 0 spiro atoms. The van der Waals surface area contributed by atoms with E-state index in [0.29, 0.717) is 22.8 Å². The number of carboxylic acids is 1.